The van der Waals surface area contributed by atoms with Crippen LogP contribution >= 0.6 is 0 Å². The van der Waals surface area contributed by atoms with Crippen molar-refractivity contribution in [1.82, 2.24) is 0 Å². The van der Waals surface area contributed by atoms with Crippen LogP contribution in [-0.4, -0.2) is 0 Å². The van der Waals surface area contributed by atoms with E-state index in [1.54, 1.807) is 11.1 Å². The molecule has 1 fully saturated rings. The first-order valence-corrected chi connectivity index (χ1v) is 3.61. The van der Waals surface area contributed by atoms with E-state index in [0.29, 0.717) is 5.41 Å². The van der Waals surface area contributed by atoms with E-state index < -0.39 is 0 Å². The smallest absolute Gasteiger partial charge is 0.0168 e. The summed E-state index contributed by atoms with van der Waals surface area (Å²) in [5, 5.41) is 0. The first kappa shape index (κ1) is 5.28. The summed E-state index contributed by atoms with van der Waals surface area (Å²) in [5.74, 6) is 0. The quantitative estimate of drug-likeness (QED) is 0.467. The molecule has 0 heteroatoms. The second-order valence-corrected chi connectivity index (χ2v) is 3.27. The van der Waals surface area contributed by atoms with E-state index in [2.05, 4.69) is 26.0 Å². The summed E-state index contributed by atoms with van der Waals surface area (Å²) in [7, 11) is 0. The molecule has 1 atom stereocenters. The minimum Gasteiger partial charge on any atom is -0.0908 e. The van der Waals surface area contributed by atoms with Crippen LogP contribution in [0.2, 0.25) is 0 Å². The molecule has 0 aromatic carbocycles. The summed E-state index contributed by atoms with van der Waals surface area (Å²) in [5.41, 5.74) is 3.98. The van der Waals surface area contributed by atoms with E-state index in [0.717, 1.165) is 0 Å². The van der Waals surface area contributed by atoms with Gasteiger partial charge in [-0.15, -0.1) is 0 Å². The summed E-state index contributed by atoms with van der Waals surface area (Å²) >= 11 is 0. The monoisotopic (exact) mass is 120 g/mol. The average Bonchev–Trinajstić information content (AvgIpc) is 2.38. The lowest BCUT2D eigenvalue weighted by Crippen LogP contribution is -2.05. The van der Waals surface area contributed by atoms with Crippen molar-refractivity contribution in [2.75, 3.05) is 0 Å². The van der Waals surface area contributed by atoms with Crippen LogP contribution in [-0.2, 0) is 0 Å². The largest absolute Gasteiger partial charge is 0.0908 e. The Morgan fingerprint density at radius 3 is 2.56 bits per heavy atom. The molecule has 0 amide bonds. The molecule has 0 radical (unpaired) electrons. The zero-order valence-corrected chi connectivity index (χ0v) is 6.07. The Bertz CT molecular complexity index is 208. The first-order chi connectivity index (χ1) is 4.28. The Morgan fingerprint density at radius 2 is 2.22 bits per heavy atom. The molecule has 0 saturated heterocycles. The highest BCUT2D eigenvalue weighted by molar-refractivity contribution is 5.52. The molecule has 0 heterocycles. The molecule has 2 aliphatic carbocycles. The minimum atomic E-state index is 0.610. The Labute approximate surface area is 56.3 Å². The highest BCUT2D eigenvalue weighted by Gasteiger charge is 2.54. The number of fused-ring (bicyclic) bond motifs is 1. The van der Waals surface area contributed by atoms with Crippen LogP contribution in [0.15, 0.2) is 23.3 Å². The van der Waals surface area contributed by atoms with Gasteiger partial charge in [-0.05, 0) is 26.7 Å². The molecule has 2 aliphatic rings. The van der Waals surface area contributed by atoms with Crippen molar-refractivity contribution < 1.29 is 0 Å². The summed E-state index contributed by atoms with van der Waals surface area (Å²) in [4.78, 5) is 0. The standard InChI is InChI=1S/C9H12/c1-3-4-9-5-7(2)8(9)6-9/h3-4H,5-6H2,1-2H3. The van der Waals surface area contributed by atoms with Crippen LogP contribution in [0.3, 0.4) is 0 Å². The van der Waals surface area contributed by atoms with Gasteiger partial charge in [0.15, 0.2) is 0 Å². The van der Waals surface area contributed by atoms with Crippen LogP contribution in [0.25, 0.3) is 0 Å². The molecule has 48 valence electrons. The number of hydrogen-bond acceptors (Lipinski definition) is 0. The van der Waals surface area contributed by atoms with Gasteiger partial charge < -0.3 is 0 Å². The Morgan fingerprint density at radius 1 is 1.44 bits per heavy atom. The second kappa shape index (κ2) is 1.31. The first-order valence-electron chi connectivity index (χ1n) is 3.61. The summed E-state index contributed by atoms with van der Waals surface area (Å²) in [6, 6.07) is 0. The van der Waals surface area contributed by atoms with Crippen molar-refractivity contribution in [2.45, 2.75) is 26.7 Å². The van der Waals surface area contributed by atoms with E-state index >= 15 is 0 Å². The van der Waals surface area contributed by atoms with Gasteiger partial charge in [0.05, 0.1) is 0 Å². The van der Waals surface area contributed by atoms with Crippen molar-refractivity contribution in [3.8, 4) is 0 Å². The van der Waals surface area contributed by atoms with Crippen molar-refractivity contribution >= 4 is 0 Å². The summed E-state index contributed by atoms with van der Waals surface area (Å²) < 4.78 is 0. The van der Waals surface area contributed by atoms with Crippen LogP contribution in [0.5, 0.6) is 0 Å². The van der Waals surface area contributed by atoms with Crippen molar-refractivity contribution in [3.63, 3.8) is 0 Å². The topological polar surface area (TPSA) is 0 Å². The van der Waals surface area contributed by atoms with Gasteiger partial charge in [0, 0.05) is 5.41 Å². The van der Waals surface area contributed by atoms with Gasteiger partial charge in [0.25, 0.3) is 0 Å². The summed E-state index contributed by atoms with van der Waals surface area (Å²) in [6.45, 7) is 4.36. The van der Waals surface area contributed by atoms with Gasteiger partial charge in [-0.3, -0.25) is 0 Å². The fraction of sp³-hybridized carbons (Fsp3) is 0.556. The molecule has 0 bridgehead atoms. The maximum atomic E-state index is 2.36. The highest BCUT2D eigenvalue weighted by atomic mass is 14.6. The lowest BCUT2D eigenvalue weighted by molar-refractivity contribution is 0.624. The average molecular weight is 120 g/mol. The van der Waals surface area contributed by atoms with Gasteiger partial charge >= 0.3 is 0 Å². The van der Waals surface area contributed by atoms with Crippen LogP contribution in [0.1, 0.15) is 26.7 Å². The fourth-order valence-electron chi connectivity index (χ4n) is 2.03. The van der Waals surface area contributed by atoms with E-state index in [1.165, 1.54) is 12.8 Å². The Kier molecular flexibility index (Phi) is 0.769. The lowest BCUT2D eigenvalue weighted by Gasteiger charge is -2.18. The van der Waals surface area contributed by atoms with Gasteiger partial charge in [-0.2, -0.15) is 0 Å². The molecule has 2 rings (SSSR count). The molecule has 0 spiro atoms. The minimum absolute atomic E-state index is 0.610. The number of hydrogen-bond donors (Lipinski definition) is 0. The zero-order chi connectivity index (χ0) is 6.48. The normalized spacial score (nSPS) is 38.9. The molecule has 1 unspecified atom stereocenters. The molecular formula is C9H12. The maximum absolute atomic E-state index is 2.36. The lowest BCUT2D eigenvalue weighted by atomic mass is 9.86. The SMILES string of the molecule is CC=CC12CC(C)=C1C2. The van der Waals surface area contributed by atoms with Crippen molar-refractivity contribution in [1.29, 1.82) is 0 Å². The van der Waals surface area contributed by atoms with E-state index in [9.17, 15) is 0 Å². The zero-order valence-electron chi connectivity index (χ0n) is 6.07. The second-order valence-electron chi connectivity index (χ2n) is 3.27. The Balaban J connectivity index is 2.23. The van der Waals surface area contributed by atoms with E-state index in [4.69, 9.17) is 0 Å². The van der Waals surface area contributed by atoms with Crippen molar-refractivity contribution in [2.24, 2.45) is 5.41 Å². The van der Waals surface area contributed by atoms with Gasteiger partial charge in [-0.25, -0.2) is 0 Å². The highest BCUT2D eigenvalue weighted by Crippen LogP contribution is 2.67. The van der Waals surface area contributed by atoms with Gasteiger partial charge in [0.2, 0.25) is 0 Å². The van der Waals surface area contributed by atoms with Crippen molar-refractivity contribution in [3.05, 3.63) is 23.3 Å². The van der Waals surface area contributed by atoms with E-state index in [-0.39, 0.29) is 0 Å². The fourth-order valence-corrected chi connectivity index (χ4v) is 2.03. The molecule has 0 N–H and O–H groups in total. The number of allylic oxidation sites excluding steroid dienone is 4. The predicted octanol–water partition coefficient (Wildman–Crippen LogP) is 2.67. The molecule has 9 heavy (non-hydrogen) atoms. The van der Waals surface area contributed by atoms with Gasteiger partial charge in [-0.1, -0.05) is 23.3 Å². The Hall–Kier alpha value is -0.520. The number of rotatable bonds is 1. The summed E-state index contributed by atoms with van der Waals surface area (Å²) in [6.07, 6.45) is 7.24. The molecule has 0 aliphatic heterocycles. The third-order valence-corrected chi connectivity index (χ3v) is 2.55. The molecule has 0 aromatic rings. The molecule has 0 nitrogen and oxygen atoms in total. The third-order valence-electron chi connectivity index (χ3n) is 2.55. The van der Waals surface area contributed by atoms with Crippen LogP contribution < -0.4 is 0 Å². The van der Waals surface area contributed by atoms with E-state index in [1.807, 2.05) is 0 Å². The molecule has 0 aromatic heterocycles. The predicted molar refractivity (Wildman–Crippen MR) is 39.2 cm³/mol. The molecule has 1 saturated carbocycles. The van der Waals surface area contributed by atoms with Crippen LogP contribution in [0.4, 0.5) is 0 Å². The third kappa shape index (κ3) is 0.487. The molecular weight excluding hydrogens is 108 g/mol. The maximum Gasteiger partial charge on any atom is 0.0168 e. The van der Waals surface area contributed by atoms with Crippen LogP contribution in [0, 0.1) is 5.41 Å². The van der Waals surface area contributed by atoms with Gasteiger partial charge in [0.1, 0.15) is 0 Å².